The van der Waals surface area contributed by atoms with E-state index in [1.807, 2.05) is 0 Å². The fourth-order valence-corrected chi connectivity index (χ4v) is 3.31. The van der Waals surface area contributed by atoms with Gasteiger partial charge in [-0.3, -0.25) is 9.59 Å². The normalized spacial score (nSPS) is 26.2. The summed E-state index contributed by atoms with van der Waals surface area (Å²) >= 11 is 0. The quantitative estimate of drug-likeness (QED) is 0.900. The Morgan fingerprint density at radius 2 is 2.05 bits per heavy atom. The van der Waals surface area contributed by atoms with Gasteiger partial charge < -0.3 is 10.0 Å². The number of benzene rings is 1. The number of carboxylic acids is 1. The summed E-state index contributed by atoms with van der Waals surface area (Å²) < 4.78 is 13.3. The highest BCUT2D eigenvalue weighted by Gasteiger charge is 2.66. The molecule has 4 nitrogen and oxygen atoms in total. The van der Waals surface area contributed by atoms with Crippen LogP contribution in [-0.2, 0) is 16.0 Å². The van der Waals surface area contributed by atoms with Gasteiger partial charge in [-0.2, -0.15) is 0 Å². The smallest absolute Gasteiger partial charge is 0.307 e. The second-order valence-electron chi connectivity index (χ2n) is 6.13. The predicted octanol–water partition coefficient (Wildman–Crippen LogP) is 2.07. The number of nitrogens with zero attached hydrogens (tertiary/aromatic N) is 1. The van der Waals surface area contributed by atoms with Gasteiger partial charge in [0, 0.05) is 12.2 Å². The topological polar surface area (TPSA) is 57.6 Å². The van der Waals surface area contributed by atoms with Crippen molar-refractivity contribution in [1.82, 2.24) is 0 Å². The van der Waals surface area contributed by atoms with Crippen molar-refractivity contribution >= 4 is 17.6 Å². The molecule has 0 radical (unpaired) electrons. The Labute approximate surface area is 116 Å². The summed E-state index contributed by atoms with van der Waals surface area (Å²) in [5.41, 5.74) is 0.992. The molecule has 1 aromatic rings. The lowest BCUT2D eigenvalue weighted by molar-refractivity contribution is -0.140. The van der Waals surface area contributed by atoms with E-state index in [1.165, 1.54) is 17.0 Å². The molecule has 106 valence electrons. The van der Waals surface area contributed by atoms with E-state index in [9.17, 15) is 14.0 Å². The number of halogens is 1. The molecule has 3 rings (SSSR count). The van der Waals surface area contributed by atoms with Crippen LogP contribution in [0.15, 0.2) is 18.2 Å². The van der Waals surface area contributed by atoms with E-state index < -0.39 is 23.2 Å². The van der Waals surface area contributed by atoms with E-state index in [1.54, 1.807) is 19.9 Å². The number of amides is 1. The van der Waals surface area contributed by atoms with Crippen LogP contribution < -0.4 is 4.90 Å². The molecular formula is C15H16FNO3. The average Bonchev–Trinajstić information content (AvgIpc) is 2.75. The second-order valence-corrected chi connectivity index (χ2v) is 6.13. The van der Waals surface area contributed by atoms with Crippen molar-refractivity contribution in [2.45, 2.75) is 20.3 Å². The van der Waals surface area contributed by atoms with E-state index >= 15 is 0 Å². The number of aliphatic carboxylic acids is 1. The molecule has 2 atom stereocenters. The Morgan fingerprint density at radius 3 is 2.65 bits per heavy atom. The fraction of sp³-hybridized carbons (Fsp3) is 0.467. The molecule has 0 unspecified atom stereocenters. The van der Waals surface area contributed by atoms with Crippen molar-refractivity contribution in [1.29, 1.82) is 0 Å². The Hall–Kier alpha value is -1.91. The number of hydrogen-bond donors (Lipinski definition) is 1. The van der Waals surface area contributed by atoms with Crippen LogP contribution in [0.25, 0.3) is 0 Å². The molecule has 5 heteroatoms. The number of rotatable bonds is 2. The molecule has 1 aliphatic heterocycles. The van der Waals surface area contributed by atoms with Gasteiger partial charge >= 0.3 is 5.97 Å². The monoisotopic (exact) mass is 277 g/mol. The lowest BCUT2D eigenvalue weighted by Crippen LogP contribution is -2.32. The maximum absolute atomic E-state index is 13.3. The molecule has 0 saturated heterocycles. The highest BCUT2D eigenvalue weighted by atomic mass is 19.1. The summed E-state index contributed by atoms with van der Waals surface area (Å²) in [6.07, 6.45) is 0.687. The van der Waals surface area contributed by atoms with E-state index in [4.69, 9.17) is 5.11 Å². The highest BCUT2D eigenvalue weighted by Crippen LogP contribution is 2.59. The average molecular weight is 277 g/mol. The van der Waals surface area contributed by atoms with Gasteiger partial charge in [0.15, 0.2) is 0 Å². The van der Waals surface area contributed by atoms with Crippen LogP contribution in [-0.4, -0.2) is 23.5 Å². The number of fused-ring (bicyclic) bond motifs is 1. The number of carboxylic acid groups (broad SMARTS) is 1. The molecule has 0 spiro atoms. The Bertz CT molecular complexity index is 611. The number of anilines is 1. The third-order valence-electron chi connectivity index (χ3n) is 4.57. The molecule has 0 aromatic heterocycles. The first kappa shape index (κ1) is 13.1. The molecule has 1 aromatic carbocycles. The Kier molecular flexibility index (Phi) is 2.64. The van der Waals surface area contributed by atoms with E-state index in [-0.39, 0.29) is 11.7 Å². The number of carbonyl (C=O) groups excluding carboxylic acids is 1. The van der Waals surface area contributed by atoms with Crippen LogP contribution in [0.1, 0.15) is 19.4 Å². The highest BCUT2D eigenvalue weighted by molar-refractivity contribution is 6.02. The maximum Gasteiger partial charge on any atom is 0.307 e. The van der Waals surface area contributed by atoms with Gasteiger partial charge in [0.05, 0.1) is 11.8 Å². The second kappa shape index (κ2) is 4.04. The molecule has 1 amide bonds. The minimum Gasteiger partial charge on any atom is -0.481 e. The first-order valence-electron chi connectivity index (χ1n) is 6.66. The molecule has 1 fully saturated rings. The molecule has 2 aliphatic rings. The summed E-state index contributed by atoms with van der Waals surface area (Å²) in [4.78, 5) is 25.3. The number of hydrogen-bond acceptors (Lipinski definition) is 2. The van der Waals surface area contributed by atoms with Gasteiger partial charge in [-0.05, 0) is 29.5 Å². The standard InChI is InChI=1S/C15H16FNO3/c1-15(2)11(12(15)14(19)20)13(18)17-6-5-8-3-4-9(16)7-10(8)17/h3-4,7,11-12H,5-6H2,1-2H3,(H,19,20)/t11-,12+/m1/s1. The third kappa shape index (κ3) is 1.72. The summed E-state index contributed by atoms with van der Waals surface area (Å²) in [5, 5.41) is 9.16. The minimum absolute atomic E-state index is 0.202. The maximum atomic E-state index is 13.3. The van der Waals surface area contributed by atoms with Crippen molar-refractivity contribution in [3.63, 3.8) is 0 Å². The molecule has 1 heterocycles. The SMILES string of the molecule is CC1(C)[C@H](C(=O)O)[C@@H]1C(=O)N1CCc2ccc(F)cc21. The molecule has 0 bridgehead atoms. The van der Waals surface area contributed by atoms with Crippen molar-refractivity contribution in [2.24, 2.45) is 17.3 Å². The van der Waals surface area contributed by atoms with Gasteiger partial charge in [0.1, 0.15) is 5.82 Å². The number of carbonyl (C=O) groups is 2. The molecule has 1 saturated carbocycles. The third-order valence-corrected chi connectivity index (χ3v) is 4.57. The lowest BCUT2D eigenvalue weighted by atomic mass is 10.1. The van der Waals surface area contributed by atoms with Crippen molar-refractivity contribution in [3.05, 3.63) is 29.6 Å². The largest absolute Gasteiger partial charge is 0.481 e. The Balaban J connectivity index is 1.88. The first-order chi connectivity index (χ1) is 9.34. The first-order valence-corrected chi connectivity index (χ1v) is 6.66. The summed E-state index contributed by atoms with van der Waals surface area (Å²) in [6.45, 7) is 4.07. The zero-order chi connectivity index (χ0) is 14.7. The van der Waals surface area contributed by atoms with Gasteiger partial charge in [0.25, 0.3) is 0 Å². The molecule has 20 heavy (non-hydrogen) atoms. The predicted molar refractivity (Wildman–Crippen MR) is 70.9 cm³/mol. The van der Waals surface area contributed by atoms with E-state index in [0.717, 1.165) is 5.56 Å². The van der Waals surface area contributed by atoms with Crippen molar-refractivity contribution in [2.75, 3.05) is 11.4 Å². The van der Waals surface area contributed by atoms with Crippen LogP contribution in [0.5, 0.6) is 0 Å². The van der Waals surface area contributed by atoms with Crippen LogP contribution in [0, 0.1) is 23.1 Å². The van der Waals surface area contributed by atoms with Crippen molar-refractivity contribution in [3.8, 4) is 0 Å². The summed E-state index contributed by atoms with van der Waals surface area (Å²) in [7, 11) is 0. The fourth-order valence-electron chi connectivity index (χ4n) is 3.31. The van der Waals surface area contributed by atoms with Gasteiger partial charge in [-0.1, -0.05) is 19.9 Å². The lowest BCUT2D eigenvalue weighted by Gasteiger charge is -2.18. The van der Waals surface area contributed by atoms with E-state index in [0.29, 0.717) is 18.7 Å². The van der Waals surface area contributed by atoms with Gasteiger partial charge in [-0.15, -0.1) is 0 Å². The van der Waals surface area contributed by atoms with Crippen LogP contribution in [0.3, 0.4) is 0 Å². The molecule has 1 N–H and O–H groups in total. The van der Waals surface area contributed by atoms with Crippen LogP contribution in [0.4, 0.5) is 10.1 Å². The van der Waals surface area contributed by atoms with Crippen molar-refractivity contribution < 1.29 is 19.1 Å². The van der Waals surface area contributed by atoms with Gasteiger partial charge in [-0.25, -0.2) is 4.39 Å². The summed E-state index contributed by atoms with van der Waals surface area (Å²) in [5.74, 6) is -2.69. The minimum atomic E-state index is -0.938. The van der Waals surface area contributed by atoms with Gasteiger partial charge in [0.2, 0.25) is 5.91 Å². The van der Waals surface area contributed by atoms with Crippen LogP contribution in [0.2, 0.25) is 0 Å². The van der Waals surface area contributed by atoms with Crippen LogP contribution >= 0.6 is 0 Å². The Morgan fingerprint density at radius 1 is 1.35 bits per heavy atom. The summed E-state index contributed by atoms with van der Waals surface area (Å²) in [6, 6.07) is 4.42. The van der Waals surface area contributed by atoms with E-state index in [2.05, 4.69) is 0 Å². The molecule has 1 aliphatic carbocycles. The zero-order valence-corrected chi connectivity index (χ0v) is 11.4. The molecular weight excluding hydrogens is 261 g/mol. The zero-order valence-electron chi connectivity index (χ0n) is 11.4.